The van der Waals surface area contributed by atoms with E-state index in [0.29, 0.717) is 0 Å². The van der Waals surface area contributed by atoms with Crippen LogP contribution in [0.25, 0.3) is 0 Å². The molecule has 3 rings (SSSR count). The maximum atomic E-state index is 12.0. The fraction of sp³-hybridized carbons (Fsp3) is 0.692. The third-order valence-electron chi connectivity index (χ3n) is 4.17. The van der Waals surface area contributed by atoms with Gasteiger partial charge in [0.15, 0.2) is 0 Å². The van der Waals surface area contributed by atoms with Gasteiger partial charge in [-0.25, -0.2) is 0 Å². The van der Waals surface area contributed by atoms with Crippen LogP contribution in [-0.4, -0.2) is 15.7 Å². The number of aromatic nitrogens is 2. The minimum absolute atomic E-state index is 0.195. The van der Waals surface area contributed by atoms with Crippen molar-refractivity contribution in [1.82, 2.24) is 15.1 Å². The molecule has 0 spiro atoms. The Hall–Kier alpha value is -1.32. The molecule has 17 heavy (non-hydrogen) atoms. The Morgan fingerprint density at radius 3 is 2.94 bits per heavy atom. The maximum Gasteiger partial charge on any atom is 0.223 e. The third-order valence-corrected chi connectivity index (χ3v) is 4.17. The topological polar surface area (TPSA) is 46.9 Å². The Kier molecular flexibility index (Phi) is 2.65. The normalized spacial score (nSPS) is 23.9. The van der Waals surface area contributed by atoms with E-state index in [1.165, 1.54) is 17.7 Å². The summed E-state index contributed by atoms with van der Waals surface area (Å²) in [6.07, 6.45) is 8.54. The summed E-state index contributed by atoms with van der Waals surface area (Å²) in [7, 11) is 1.98. The highest BCUT2D eigenvalue weighted by atomic mass is 16.2. The molecular weight excluding hydrogens is 214 g/mol. The Bertz CT molecular complexity index is 434. The van der Waals surface area contributed by atoms with E-state index in [-0.39, 0.29) is 17.9 Å². The van der Waals surface area contributed by atoms with Crippen molar-refractivity contribution >= 4 is 5.91 Å². The largest absolute Gasteiger partial charge is 0.349 e. The molecule has 1 saturated carbocycles. The van der Waals surface area contributed by atoms with E-state index in [9.17, 15) is 4.79 Å². The van der Waals surface area contributed by atoms with E-state index in [4.69, 9.17) is 0 Å². The van der Waals surface area contributed by atoms with E-state index in [1.807, 2.05) is 17.9 Å². The predicted octanol–water partition coefficient (Wildman–Crippen LogP) is 1.71. The summed E-state index contributed by atoms with van der Waals surface area (Å²) in [5.41, 5.74) is 2.52. The Morgan fingerprint density at radius 1 is 1.41 bits per heavy atom. The molecule has 4 heteroatoms. The molecule has 1 fully saturated rings. The highest BCUT2D eigenvalue weighted by Gasteiger charge is 2.30. The van der Waals surface area contributed by atoms with Gasteiger partial charge in [0.25, 0.3) is 0 Å². The van der Waals surface area contributed by atoms with Crippen LogP contribution >= 0.6 is 0 Å². The average Bonchev–Trinajstić information content (AvgIpc) is 2.59. The lowest BCUT2D eigenvalue weighted by Gasteiger charge is -2.29. The maximum absolute atomic E-state index is 12.0. The van der Waals surface area contributed by atoms with Gasteiger partial charge in [-0.05, 0) is 32.1 Å². The molecule has 1 aromatic rings. The Morgan fingerprint density at radius 2 is 2.24 bits per heavy atom. The lowest BCUT2D eigenvalue weighted by molar-refractivity contribution is -0.128. The van der Waals surface area contributed by atoms with Crippen LogP contribution in [0.1, 0.15) is 49.4 Å². The van der Waals surface area contributed by atoms with Crippen molar-refractivity contribution in [3.05, 3.63) is 17.5 Å². The van der Waals surface area contributed by atoms with Gasteiger partial charge in [0, 0.05) is 24.2 Å². The number of amides is 1. The van der Waals surface area contributed by atoms with Crippen LogP contribution in [0.15, 0.2) is 6.20 Å². The average molecular weight is 233 g/mol. The molecule has 2 aliphatic carbocycles. The number of nitrogens with zero attached hydrogens (tertiary/aromatic N) is 2. The van der Waals surface area contributed by atoms with Gasteiger partial charge >= 0.3 is 0 Å². The van der Waals surface area contributed by atoms with Gasteiger partial charge in [0.1, 0.15) is 0 Å². The zero-order valence-corrected chi connectivity index (χ0v) is 10.3. The van der Waals surface area contributed by atoms with Crippen LogP contribution in [0.4, 0.5) is 0 Å². The van der Waals surface area contributed by atoms with Crippen molar-refractivity contribution in [3.8, 4) is 0 Å². The van der Waals surface area contributed by atoms with Gasteiger partial charge in [-0.1, -0.05) is 6.42 Å². The number of hydrogen-bond donors (Lipinski definition) is 1. The van der Waals surface area contributed by atoms with Crippen molar-refractivity contribution in [2.24, 2.45) is 13.0 Å². The fourth-order valence-electron chi connectivity index (χ4n) is 2.82. The molecule has 0 radical (unpaired) electrons. The van der Waals surface area contributed by atoms with Crippen LogP contribution in [0.3, 0.4) is 0 Å². The zero-order valence-electron chi connectivity index (χ0n) is 10.3. The molecule has 1 atom stereocenters. The smallest absolute Gasteiger partial charge is 0.223 e. The molecule has 0 bridgehead atoms. The van der Waals surface area contributed by atoms with Crippen LogP contribution in [-0.2, 0) is 18.3 Å². The lowest BCUT2D eigenvalue weighted by Crippen LogP contribution is -2.38. The number of rotatable bonds is 2. The fourth-order valence-corrected chi connectivity index (χ4v) is 2.82. The molecule has 92 valence electrons. The highest BCUT2D eigenvalue weighted by molar-refractivity contribution is 5.79. The molecule has 2 aliphatic rings. The van der Waals surface area contributed by atoms with Crippen molar-refractivity contribution < 1.29 is 4.79 Å². The Balaban J connectivity index is 1.74. The number of carbonyl (C=O) groups excluding carboxylic acids is 1. The second-order valence-corrected chi connectivity index (χ2v) is 5.25. The SMILES string of the molecule is Cn1ncc2c1CCC[C@@H]2NC(=O)C1CCC1. The predicted molar refractivity (Wildman–Crippen MR) is 64.4 cm³/mol. The molecule has 0 unspecified atom stereocenters. The summed E-state index contributed by atoms with van der Waals surface area (Å²) in [5.74, 6) is 0.523. The van der Waals surface area contributed by atoms with Crippen molar-refractivity contribution in [2.75, 3.05) is 0 Å². The summed E-state index contributed by atoms with van der Waals surface area (Å²) in [4.78, 5) is 12.0. The molecule has 4 nitrogen and oxygen atoms in total. The van der Waals surface area contributed by atoms with Crippen LogP contribution in [0.2, 0.25) is 0 Å². The van der Waals surface area contributed by atoms with E-state index in [0.717, 1.165) is 32.1 Å². The molecule has 1 aromatic heterocycles. The number of carbonyl (C=O) groups is 1. The lowest BCUT2D eigenvalue weighted by atomic mass is 9.84. The molecule has 1 N–H and O–H groups in total. The third kappa shape index (κ3) is 1.85. The first-order valence-electron chi connectivity index (χ1n) is 6.57. The zero-order chi connectivity index (χ0) is 11.8. The number of hydrogen-bond acceptors (Lipinski definition) is 2. The minimum atomic E-state index is 0.195. The quantitative estimate of drug-likeness (QED) is 0.845. The molecular formula is C13H19N3O. The first-order valence-corrected chi connectivity index (χ1v) is 6.57. The number of aryl methyl sites for hydroxylation is 1. The van der Waals surface area contributed by atoms with Crippen molar-refractivity contribution in [1.29, 1.82) is 0 Å². The highest BCUT2D eigenvalue weighted by Crippen LogP contribution is 2.31. The minimum Gasteiger partial charge on any atom is -0.349 e. The number of fused-ring (bicyclic) bond motifs is 1. The van der Waals surface area contributed by atoms with E-state index in [1.54, 1.807) is 0 Å². The van der Waals surface area contributed by atoms with Gasteiger partial charge in [-0.2, -0.15) is 5.10 Å². The van der Waals surface area contributed by atoms with Crippen LogP contribution in [0.5, 0.6) is 0 Å². The first kappa shape index (κ1) is 10.8. The molecule has 0 aliphatic heterocycles. The molecule has 0 saturated heterocycles. The first-order chi connectivity index (χ1) is 8.25. The second-order valence-electron chi connectivity index (χ2n) is 5.25. The van der Waals surface area contributed by atoms with Gasteiger partial charge in [0.2, 0.25) is 5.91 Å². The summed E-state index contributed by atoms with van der Waals surface area (Å²) in [6.45, 7) is 0. The summed E-state index contributed by atoms with van der Waals surface area (Å²) in [5, 5.41) is 7.50. The van der Waals surface area contributed by atoms with E-state index in [2.05, 4.69) is 10.4 Å². The van der Waals surface area contributed by atoms with E-state index >= 15 is 0 Å². The van der Waals surface area contributed by atoms with Gasteiger partial charge < -0.3 is 5.32 Å². The molecule has 1 amide bonds. The van der Waals surface area contributed by atoms with Gasteiger partial charge in [-0.15, -0.1) is 0 Å². The molecule has 1 heterocycles. The van der Waals surface area contributed by atoms with Crippen LogP contribution < -0.4 is 5.32 Å². The van der Waals surface area contributed by atoms with Gasteiger partial charge in [0.05, 0.1) is 12.2 Å². The van der Waals surface area contributed by atoms with E-state index < -0.39 is 0 Å². The summed E-state index contributed by atoms with van der Waals surface area (Å²) < 4.78 is 1.94. The second kappa shape index (κ2) is 4.17. The number of nitrogens with one attached hydrogen (secondary N) is 1. The summed E-state index contributed by atoms with van der Waals surface area (Å²) >= 11 is 0. The van der Waals surface area contributed by atoms with Crippen molar-refractivity contribution in [2.45, 2.75) is 44.6 Å². The van der Waals surface area contributed by atoms with Crippen LogP contribution in [0, 0.1) is 5.92 Å². The van der Waals surface area contributed by atoms with Crippen molar-refractivity contribution in [3.63, 3.8) is 0 Å². The Labute approximate surface area is 101 Å². The van der Waals surface area contributed by atoms with Gasteiger partial charge in [-0.3, -0.25) is 9.48 Å². The molecule has 0 aromatic carbocycles. The standard InChI is InChI=1S/C13H19N3O/c1-16-12-7-3-6-11(10(12)8-14-16)15-13(17)9-4-2-5-9/h8-9,11H,2-7H2,1H3,(H,15,17)/t11-/m0/s1. The monoisotopic (exact) mass is 233 g/mol. The summed E-state index contributed by atoms with van der Waals surface area (Å²) in [6, 6.07) is 0.195.